The zero-order chi connectivity index (χ0) is 16.5. The average molecular weight is 301 g/mol. The molecule has 0 saturated heterocycles. The molecule has 0 aliphatic rings. The number of nitrogens with one attached hydrogen (secondary N) is 2. The molecule has 1 atom stereocenters. The molecule has 0 heterocycles. The Morgan fingerprint density at radius 2 is 1.76 bits per heavy atom. The van der Waals surface area contributed by atoms with Crippen LogP contribution in [0.2, 0.25) is 0 Å². The van der Waals surface area contributed by atoms with E-state index in [-0.39, 0.29) is 18.0 Å². The van der Waals surface area contributed by atoms with Crippen molar-refractivity contribution in [3.05, 3.63) is 0 Å². The number of hydrogen-bond acceptors (Lipinski definition) is 3. The summed E-state index contributed by atoms with van der Waals surface area (Å²) in [5, 5.41) is 14.6. The number of carbonyl (C=O) groups is 2. The number of unbranched alkanes of at least 4 members (excludes halogenated alkanes) is 1. The van der Waals surface area contributed by atoms with Gasteiger partial charge < -0.3 is 20.6 Å². The molecule has 6 heteroatoms. The van der Waals surface area contributed by atoms with Gasteiger partial charge in [-0.25, -0.2) is 4.79 Å². The van der Waals surface area contributed by atoms with Crippen LogP contribution in [0.4, 0.5) is 4.79 Å². The molecule has 21 heavy (non-hydrogen) atoms. The fourth-order valence-corrected chi connectivity index (χ4v) is 2.02. The maximum absolute atomic E-state index is 11.6. The van der Waals surface area contributed by atoms with E-state index in [9.17, 15) is 14.7 Å². The second-order valence-electron chi connectivity index (χ2n) is 6.95. The lowest BCUT2D eigenvalue weighted by Gasteiger charge is -2.23. The topological polar surface area (TPSA) is 81.7 Å². The molecular formula is C15H31N3O3. The zero-order valence-corrected chi connectivity index (χ0v) is 14.0. The first kappa shape index (κ1) is 19.7. The van der Waals surface area contributed by atoms with Crippen LogP contribution >= 0.6 is 0 Å². The van der Waals surface area contributed by atoms with Crippen molar-refractivity contribution >= 4 is 12.0 Å². The van der Waals surface area contributed by atoms with Gasteiger partial charge in [0.15, 0.2) is 0 Å². The minimum Gasteiger partial charge on any atom is -0.481 e. The Morgan fingerprint density at radius 1 is 1.14 bits per heavy atom. The number of rotatable bonds is 9. The lowest BCUT2D eigenvalue weighted by atomic mass is 9.84. The number of carbonyl (C=O) groups excluding carboxylic acids is 1. The van der Waals surface area contributed by atoms with E-state index in [1.54, 1.807) is 0 Å². The molecule has 0 rings (SSSR count). The number of aliphatic carboxylic acids is 1. The molecule has 0 aromatic carbocycles. The summed E-state index contributed by atoms with van der Waals surface area (Å²) < 4.78 is 0. The maximum Gasteiger partial charge on any atom is 0.314 e. The molecule has 0 aliphatic heterocycles. The van der Waals surface area contributed by atoms with Crippen LogP contribution < -0.4 is 10.6 Å². The van der Waals surface area contributed by atoms with Crippen molar-refractivity contribution in [1.82, 2.24) is 15.5 Å². The van der Waals surface area contributed by atoms with Gasteiger partial charge in [0.2, 0.25) is 0 Å². The predicted octanol–water partition coefficient (Wildman–Crippen LogP) is 1.76. The van der Waals surface area contributed by atoms with Gasteiger partial charge in [0, 0.05) is 13.1 Å². The van der Waals surface area contributed by atoms with E-state index >= 15 is 0 Å². The molecule has 0 fully saturated rings. The summed E-state index contributed by atoms with van der Waals surface area (Å²) in [6.45, 7) is 7.75. The minimum atomic E-state index is -0.865. The molecule has 0 aliphatic carbocycles. The van der Waals surface area contributed by atoms with Gasteiger partial charge in [0.25, 0.3) is 0 Å². The highest BCUT2D eigenvalue weighted by molar-refractivity contribution is 5.75. The van der Waals surface area contributed by atoms with Crippen LogP contribution in [0.3, 0.4) is 0 Å². The van der Waals surface area contributed by atoms with Gasteiger partial charge in [-0.2, -0.15) is 0 Å². The van der Waals surface area contributed by atoms with Gasteiger partial charge in [0.1, 0.15) is 0 Å². The van der Waals surface area contributed by atoms with Crippen LogP contribution in [0.15, 0.2) is 0 Å². The van der Waals surface area contributed by atoms with E-state index in [0.717, 1.165) is 19.4 Å². The second-order valence-corrected chi connectivity index (χ2v) is 6.95. The lowest BCUT2D eigenvalue weighted by molar-refractivity contribution is -0.142. The Labute approximate surface area is 128 Å². The molecule has 2 amide bonds. The zero-order valence-electron chi connectivity index (χ0n) is 14.0. The summed E-state index contributed by atoms with van der Waals surface area (Å²) in [4.78, 5) is 24.9. The summed E-state index contributed by atoms with van der Waals surface area (Å²) in [5.41, 5.74) is -0.0760. The monoisotopic (exact) mass is 301 g/mol. The van der Waals surface area contributed by atoms with Crippen molar-refractivity contribution in [2.45, 2.75) is 40.0 Å². The molecular weight excluding hydrogens is 270 g/mol. The number of urea groups is 1. The second kappa shape index (κ2) is 9.60. The highest BCUT2D eigenvalue weighted by Crippen LogP contribution is 2.24. The molecule has 0 radical (unpaired) electrons. The van der Waals surface area contributed by atoms with Crippen molar-refractivity contribution in [2.24, 2.45) is 11.3 Å². The van der Waals surface area contributed by atoms with Crippen LogP contribution in [-0.4, -0.2) is 55.7 Å². The van der Waals surface area contributed by atoms with Gasteiger partial charge in [-0.05, 0) is 45.3 Å². The van der Waals surface area contributed by atoms with Crippen LogP contribution in [0.25, 0.3) is 0 Å². The molecule has 1 unspecified atom stereocenters. The smallest absolute Gasteiger partial charge is 0.314 e. The molecule has 0 bridgehead atoms. The third-order valence-electron chi connectivity index (χ3n) is 3.03. The number of nitrogens with zero attached hydrogens (tertiary/aromatic N) is 1. The highest BCUT2D eigenvalue weighted by Gasteiger charge is 2.24. The summed E-state index contributed by atoms with van der Waals surface area (Å²) in [5.74, 6) is -1.42. The molecule has 0 spiro atoms. The van der Waals surface area contributed by atoms with Gasteiger partial charge in [-0.3, -0.25) is 4.79 Å². The van der Waals surface area contributed by atoms with Crippen molar-refractivity contribution in [2.75, 3.05) is 33.7 Å². The normalized spacial score (nSPS) is 13.0. The first-order valence-electron chi connectivity index (χ1n) is 7.51. The molecule has 6 nitrogen and oxygen atoms in total. The average Bonchev–Trinajstić information content (AvgIpc) is 2.32. The van der Waals surface area contributed by atoms with Crippen molar-refractivity contribution < 1.29 is 14.7 Å². The minimum absolute atomic E-state index is 0.0760. The van der Waals surface area contributed by atoms with E-state index in [1.165, 1.54) is 0 Å². The number of amides is 2. The Morgan fingerprint density at radius 3 is 2.24 bits per heavy atom. The number of carboxylic acids is 1. The number of hydrogen-bond donors (Lipinski definition) is 3. The van der Waals surface area contributed by atoms with E-state index in [0.29, 0.717) is 13.0 Å². The third kappa shape index (κ3) is 12.2. The van der Waals surface area contributed by atoms with Gasteiger partial charge in [0.05, 0.1) is 5.92 Å². The summed E-state index contributed by atoms with van der Waals surface area (Å²) in [6.07, 6.45) is 2.47. The maximum atomic E-state index is 11.6. The summed E-state index contributed by atoms with van der Waals surface area (Å²) in [7, 11) is 4.03. The fourth-order valence-electron chi connectivity index (χ4n) is 2.02. The number of carboxylic acid groups (broad SMARTS) is 1. The van der Waals surface area contributed by atoms with Gasteiger partial charge in [-0.15, -0.1) is 0 Å². The molecule has 0 saturated carbocycles. The van der Waals surface area contributed by atoms with E-state index < -0.39 is 11.9 Å². The molecule has 0 aromatic heterocycles. The largest absolute Gasteiger partial charge is 0.481 e. The Balaban J connectivity index is 3.90. The first-order valence-corrected chi connectivity index (χ1v) is 7.51. The predicted molar refractivity (Wildman–Crippen MR) is 84.4 cm³/mol. The van der Waals surface area contributed by atoms with E-state index in [1.807, 2.05) is 34.9 Å². The summed E-state index contributed by atoms with van der Waals surface area (Å²) in [6, 6.07) is -0.292. The van der Waals surface area contributed by atoms with Crippen LogP contribution in [0, 0.1) is 11.3 Å². The quantitative estimate of drug-likeness (QED) is 0.567. The molecule has 0 aromatic rings. The van der Waals surface area contributed by atoms with Crippen LogP contribution in [0.1, 0.15) is 40.0 Å². The Hall–Kier alpha value is -1.30. The van der Waals surface area contributed by atoms with Crippen molar-refractivity contribution in [3.63, 3.8) is 0 Å². The molecule has 3 N–H and O–H groups in total. The lowest BCUT2D eigenvalue weighted by Crippen LogP contribution is -2.41. The Bertz CT molecular complexity index is 325. The fraction of sp³-hybridized carbons (Fsp3) is 0.867. The van der Waals surface area contributed by atoms with E-state index in [2.05, 4.69) is 15.5 Å². The summed E-state index contributed by atoms with van der Waals surface area (Å²) >= 11 is 0. The standard InChI is InChI=1S/C15H31N3O3/c1-15(2,3)10-12(13(19)20)11-17-14(21)16-8-6-7-9-18(4)5/h12H,6-11H2,1-5H3,(H,19,20)(H2,16,17,21). The SMILES string of the molecule is CN(C)CCCCNC(=O)NCC(CC(C)(C)C)C(=O)O. The van der Waals surface area contributed by atoms with Gasteiger partial charge >= 0.3 is 12.0 Å². The highest BCUT2D eigenvalue weighted by atomic mass is 16.4. The van der Waals surface area contributed by atoms with Crippen molar-refractivity contribution in [3.8, 4) is 0 Å². The van der Waals surface area contributed by atoms with Crippen LogP contribution in [0.5, 0.6) is 0 Å². The van der Waals surface area contributed by atoms with Gasteiger partial charge in [-0.1, -0.05) is 20.8 Å². The van der Waals surface area contributed by atoms with Crippen LogP contribution in [-0.2, 0) is 4.79 Å². The first-order chi connectivity index (χ1) is 9.61. The molecule has 124 valence electrons. The third-order valence-corrected chi connectivity index (χ3v) is 3.03. The van der Waals surface area contributed by atoms with Crippen molar-refractivity contribution in [1.29, 1.82) is 0 Å². The Kier molecular flexibility index (Phi) is 9.01. The van der Waals surface area contributed by atoms with E-state index in [4.69, 9.17) is 0 Å².